The average Bonchev–Trinajstić information content (AvgIpc) is 3.23. The molecule has 3 unspecified atom stereocenters. The fraction of sp³-hybridized carbons (Fsp3) is 0.604. The smallest absolute Gasteiger partial charge is 0.387 e. The minimum Gasteiger partial charge on any atom is -0.387 e. The van der Waals surface area contributed by atoms with Crippen LogP contribution in [0.2, 0.25) is 0 Å². The molecule has 0 aliphatic heterocycles. The third-order valence-electron chi connectivity index (χ3n) is 9.64. The van der Waals surface area contributed by atoms with Crippen LogP contribution in [0.4, 0.5) is 0 Å². The normalized spacial score (nSPS) is 15.3. The molecule has 0 heterocycles. The predicted octanol–water partition coefficient (Wildman–Crippen LogP) is 13.9. The Labute approximate surface area is 380 Å². The van der Waals surface area contributed by atoms with E-state index in [4.69, 9.17) is 9.05 Å². The zero-order chi connectivity index (χ0) is 45.7. The second-order valence-corrected chi connectivity index (χ2v) is 18.2. The maximum Gasteiger partial charge on any atom is 0.472 e. The Kier molecular flexibility index (Phi) is 41.0. The highest BCUT2D eigenvalue weighted by Crippen LogP contribution is 2.43. The Balaban J connectivity index is 4.42. The highest BCUT2D eigenvalue weighted by atomic mass is 31.2. The number of allylic oxidation sites excluding steroid dienone is 19. The van der Waals surface area contributed by atoms with Crippen molar-refractivity contribution in [3.63, 3.8) is 0 Å². The lowest BCUT2D eigenvalue weighted by molar-refractivity contribution is -0.870. The van der Waals surface area contributed by atoms with Crippen LogP contribution in [0.5, 0.6) is 0 Å². The van der Waals surface area contributed by atoms with Crippen LogP contribution < -0.4 is 5.32 Å². The lowest BCUT2D eigenvalue weighted by Crippen LogP contribution is -2.45. The van der Waals surface area contributed by atoms with E-state index in [1.165, 1.54) is 19.3 Å². The molecule has 0 bridgehead atoms. The highest BCUT2D eigenvalue weighted by Gasteiger charge is 2.27. The van der Waals surface area contributed by atoms with Crippen molar-refractivity contribution in [2.75, 3.05) is 40.9 Å². The number of carbonyl (C=O) groups is 1. The minimum atomic E-state index is -4.36. The first-order valence-corrected chi connectivity index (χ1v) is 25.4. The van der Waals surface area contributed by atoms with E-state index in [9.17, 15) is 19.4 Å². The van der Waals surface area contributed by atoms with Gasteiger partial charge in [0.2, 0.25) is 5.91 Å². The third-order valence-corrected chi connectivity index (χ3v) is 10.6. The number of nitrogens with zero attached hydrogens (tertiary/aromatic N) is 1. The minimum absolute atomic E-state index is 0.0418. The lowest BCUT2D eigenvalue weighted by Gasteiger charge is -2.25. The quantitative estimate of drug-likeness (QED) is 0.0244. The largest absolute Gasteiger partial charge is 0.472 e. The van der Waals surface area contributed by atoms with E-state index in [0.29, 0.717) is 17.4 Å². The molecule has 3 N–H and O–H groups in total. The van der Waals surface area contributed by atoms with Crippen LogP contribution in [0, 0.1) is 0 Å². The van der Waals surface area contributed by atoms with E-state index < -0.39 is 20.0 Å². The summed E-state index contributed by atoms with van der Waals surface area (Å²) in [4.78, 5) is 23.1. The molecule has 0 aromatic heterocycles. The fourth-order valence-electron chi connectivity index (χ4n) is 5.87. The summed E-state index contributed by atoms with van der Waals surface area (Å²) >= 11 is 0. The molecule has 9 heteroatoms. The molecule has 0 saturated heterocycles. The van der Waals surface area contributed by atoms with E-state index in [2.05, 4.69) is 129 Å². The summed E-state index contributed by atoms with van der Waals surface area (Å²) in [6.45, 7) is 4.58. The van der Waals surface area contributed by atoms with Crippen LogP contribution >= 0.6 is 7.82 Å². The number of likely N-dealkylation sites (N-methyl/N-ethyl adjacent to an activating group) is 1. The Hall–Kier alpha value is -3.10. The van der Waals surface area contributed by atoms with Gasteiger partial charge in [-0.15, -0.1) is 0 Å². The first kappa shape index (κ1) is 58.9. The number of amides is 1. The predicted molar refractivity (Wildman–Crippen MR) is 267 cm³/mol. The first-order chi connectivity index (χ1) is 30.0. The molecule has 3 atom stereocenters. The molecule has 352 valence electrons. The van der Waals surface area contributed by atoms with Crippen molar-refractivity contribution < 1.29 is 32.9 Å². The van der Waals surface area contributed by atoms with Gasteiger partial charge in [-0.3, -0.25) is 13.8 Å². The van der Waals surface area contributed by atoms with Crippen LogP contribution in [0.3, 0.4) is 0 Å². The first-order valence-electron chi connectivity index (χ1n) is 23.9. The van der Waals surface area contributed by atoms with Crippen molar-refractivity contribution in [2.45, 2.75) is 167 Å². The zero-order valence-electron chi connectivity index (χ0n) is 39.8. The molecule has 1 amide bonds. The molecule has 62 heavy (non-hydrogen) atoms. The molecule has 0 aromatic carbocycles. The molecule has 0 aliphatic carbocycles. The number of carbonyl (C=O) groups excluding carboxylic acids is 1. The van der Waals surface area contributed by atoms with E-state index in [-0.39, 0.29) is 19.1 Å². The Morgan fingerprint density at radius 3 is 1.48 bits per heavy atom. The van der Waals surface area contributed by atoms with Crippen molar-refractivity contribution in [2.24, 2.45) is 0 Å². The number of hydrogen-bond acceptors (Lipinski definition) is 5. The number of aliphatic hydroxyl groups excluding tert-OH is 1. The molecule has 0 radical (unpaired) electrons. The number of nitrogens with one attached hydrogen (secondary N) is 1. The highest BCUT2D eigenvalue weighted by molar-refractivity contribution is 7.47. The van der Waals surface area contributed by atoms with Gasteiger partial charge in [-0.1, -0.05) is 167 Å². The average molecular weight is 882 g/mol. The lowest BCUT2D eigenvalue weighted by atomic mass is 10.1. The van der Waals surface area contributed by atoms with Crippen molar-refractivity contribution in [3.8, 4) is 0 Å². The molecule has 0 aliphatic rings. The van der Waals surface area contributed by atoms with Gasteiger partial charge in [-0.25, -0.2) is 4.57 Å². The Morgan fingerprint density at radius 2 is 0.984 bits per heavy atom. The second-order valence-electron chi connectivity index (χ2n) is 16.7. The van der Waals surface area contributed by atoms with Crippen LogP contribution in [-0.2, 0) is 18.4 Å². The number of aliphatic hydroxyl groups is 1. The maximum atomic E-state index is 12.9. The van der Waals surface area contributed by atoms with Gasteiger partial charge in [-0.2, -0.15) is 0 Å². The standard InChI is InChI=1S/C53H89N2O6P/c1-6-8-10-12-14-16-18-20-21-22-23-24-25-26-27-28-29-30-31-32-33-35-37-39-41-43-45-47-53(57)54-51(50-61-62(58,59)60-49-48-55(3,4)5)52(56)46-44-42-40-38-36-34-19-17-15-13-11-9-7-2/h8,10,14-17,20-21,23-24,26-27,29-30,32-33,36,38,44,46,51-52,56H,6-7,9,11-13,18-19,22,25,28,31,34-35,37,39-43,45,47-50H2,1-5H3,(H-,54,57,58,59)/p+1/b10-8-,16-14-,17-15+,21-20-,24-23-,27-26-,30-29-,33-32-,38-36+,46-44+. The second kappa shape index (κ2) is 43.2. The summed E-state index contributed by atoms with van der Waals surface area (Å²) in [6, 6.07) is -0.888. The SMILES string of the molecule is CC/C=C\C/C=C\C/C=C\C/C=C\C/C=C\C/C=C\C/C=C\CCCCCCCC(=O)NC(COP(=O)(O)OCC[N+](C)(C)C)C(O)/C=C/CC/C=C/CC/C=C/CCCCC. The van der Waals surface area contributed by atoms with Crippen LogP contribution in [0.25, 0.3) is 0 Å². The molecule has 0 fully saturated rings. The van der Waals surface area contributed by atoms with E-state index in [1.807, 2.05) is 27.2 Å². The number of rotatable bonds is 41. The number of quaternary nitrogens is 1. The molecule has 0 rings (SSSR count). The molecular formula is C53H90N2O6P+. The van der Waals surface area contributed by atoms with E-state index >= 15 is 0 Å². The fourth-order valence-corrected chi connectivity index (χ4v) is 6.61. The summed E-state index contributed by atoms with van der Waals surface area (Å²) < 4.78 is 23.5. The summed E-state index contributed by atoms with van der Waals surface area (Å²) in [6.07, 6.45) is 64.2. The van der Waals surface area contributed by atoms with Gasteiger partial charge >= 0.3 is 7.82 Å². The monoisotopic (exact) mass is 882 g/mol. The van der Waals surface area contributed by atoms with E-state index in [0.717, 1.165) is 116 Å². The van der Waals surface area contributed by atoms with Crippen LogP contribution in [0.15, 0.2) is 122 Å². The summed E-state index contributed by atoms with van der Waals surface area (Å²) in [7, 11) is 1.51. The number of phosphoric ester groups is 1. The summed E-state index contributed by atoms with van der Waals surface area (Å²) in [5.41, 5.74) is 0. The van der Waals surface area contributed by atoms with Gasteiger partial charge in [0.15, 0.2) is 0 Å². The Bertz CT molecular complexity index is 1410. The molecule has 8 nitrogen and oxygen atoms in total. The van der Waals surface area contributed by atoms with Gasteiger partial charge in [0.05, 0.1) is 39.9 Å². The van der Waals surface area contributed by atoms with Gasteiger partial charge in [0.1, 0.15) is 13.2 Å². The summed E-state index contributed by atoms with van der Waals surface area (Å²) in [5.74, 6) is -0.218. The van der Waals surface area contributed by atoms with Crippen LogP contribution in [-0.4, -0.2) is 73.4 Å². The molecule has 0 spiro atoms. The van der Waals surface area contributed by atoms with Crippen LogP contribution in [0.1, 0.15) is 155 Å². The third kappa shape index (κ3) is 44.9. The molecule has 0 aromatic rings. The van der Waals surface area contributed by atoms with Crippen molar-refractivity contribution in [3.05, 3.63) is 122 Å². The van der Waals surface area contributed by atoms with Crippen molar-refractivity contribution in [1.82, 2.24) is 5.32 Å². The number of hydrogen-bond donors (Lipinski definition) is 3. The van der Waals surface area contributed by atoms with Gasteiger partial charge in [0, 0.05) is 6.42 Å². The Morgan fingerprint density at radius 1 is 0.565 bits per heavy atom. The van der Waals surface area contributed by atoms with Gasteiger partial charge in [0.25, 0.3) is 0 Å². The number of phosphoric acid groups is 1. The summed E-state index contributed by atoms with van der Waals surface area (Å²) in [5, 5.41) is 13.8. The van der Waals surface area contributed by atoms with Crippen molar-refractivity contribution in [1.29, 1.82) is 0 Å². The van der Waals surface area contributed by atoms with Crippen molar-refractivity contribution >= 4 is 13.7 Å². The zero-order valence-corrected chi connectivity index (χ0v) is 40.7. The van der Waals surface area contributed by atoms with E-state index in [1.54, 1.807) is 6.08 Å². The van der Waals surface area contributed by atoms with Gasteiger partial charge < -0.3 is 19.8 Å². The molecular weight excluding hydrogens is 792 g/mol. The maximum absolute atomic E-state index is 12.9. The molecule has 0 saturated carbocycles. The topological polar surface area (TPSA) is 105 Å². The van der Waals surface area contributed by atoms with Gasteiger partial charge in [-0.05, 0) is 103 Å². The number of unbranched alkanes of at least 4 members (excludes halogenated alkanes) is 10.